The van der Waals surface area contributed by atoms with Crippen molar-refractivity contribution in [2.45, 2.75) is 50.1 Å². The number of nitrogens with zero attached hydrogens (tertiary/aromatic N) is 2. The van der Waals surface area contributed by atoms with Crippen LogP contribution >= 0.6 is 11.8 Å². The summed E-state index contributed by atoms with van der Waals surface area (Å²) in [4.78, 5) is 16.8. The summed E-state index contributed by atoms with van der Waals surface area (Å²) in [6.45, 7) is 7.48. The van der Waals surface area contributed by atoms with Crippen molar-refractivity contribution in [2.24, 2.45) is 0 Å². The number of aromatic nitrogens is 2. The number of aryl methyl sites for hydroxylation is 2. The van der Waals surface area contributed by atoms with E-state index in [2.05, 4.69) is 42.3 Å². The molecule has 1 amide bonds. The van der Waals surface area contributed by atoms with E-state index in [1.165, 1.54) is 22.9 Å². The zero-order valence-corrected chi connectivity index (χ0v) is 15.8. The maximum absolute atomic E-state index is 12.4. The molecule has 1 aromatic heterocycles. The summed E-state index contributed by atoms with van der Waals surface area (Å²) >= 11 is 1.47. The van der Waals surface area contributed by atoms with E-state index in [-0.39, 0.29) is 17.3 Å². The van der Waals surface area contributed by atoms with E-state index in [1.807, 2.05) is 17.7 Å². The molecule has 2 aromatic rings. The second-order valence-electron chi connectivity index (χ2n) is 6.57. The van der Waals surface area contributed by atoms with Crippen LogP contribution in [0.25, 0.3) is 5.69 Å². The molecule has 5 nitrogen and oxygen atoms in total. The van der Waals surface area contributed by atoms with Gasteiger partial charge in [0.2, 0.25) is 5.91 Å². The summed E-state index contributed by atoms with van der Waals surface area (Å²) in [6.07, 6.45) is 5.99. The summed E-state index contributed by atoms with van der Waals surface area (Å²) in [7, 11) is 0. The Morgan fingerprint density at radius 3 is 2.84 bits per heavy atom. The molecule has 1 fully saturated rings. The molecular formula is C19H25N3O2S. The van der Waals surface area contributed by atoms with Gasteiger partial charge in [0.15, 0.2) is 5.16 Å². The summed E-state index contributed by atoms with van der Waals surface area (Å²) in [5, 5.41) is 3.60. The fourth-order valence-electron chi connectivity index (χ4n) is 3.04. The van der Waals surface area contributed by atoms with Crippen molar-refractivity contribution >= 4 is 17.7 Å². The third kappa shape index (κ3) is 4.64. The first-order valence-electron chi connectivity index (χ1n) is 8.71. The lowest BCUT2D eigenvalue weighted by Crippen LogP contribution is -2.36. The van der Waals surface area contributed by atoms with Crippen molar-refractivity contribution in [2.75, 3.05) is 13.2 Å². The highest BCUT2D eigenvalue weighted by atomic mass is 32.2. The Morgan fingerprint density at radius 2 is 2.16 bits per heavy atom. The molecule has 25 heavy (non-hydrogen) atoms. The molecule has 134 valence electrons. The highest BCUT2D eigenvalue weighted by molar-refractivity contribution is 8.00. The normalized spacial score (nSPS) is 18.3. The van der Waals surface area contributed by atoms with Gasteiger partial charge in [0.05, 0.1) is 11.4 Å². The van der Waals surface area contributed by atoms with Gasteiger partial charge in [-0.05, 0) is 56.9 Å². The first-order valence-corrected chi connectivity index (χ1v) is 9.59. The van der Waals surface area contributed by atoms with Crippen molar-refractivity contribution in [1.29, 1.82) is 0 Å². The standard InChI is InChI=1S/C19H25N3O2S/c1-13-9-14(2)11-16(10-13)22-7-6-20-19(22)25-15(3)18(23)21-12-17-5-4-8-24-17/h6-7,9-11,15,17H,4-5,8,12H2,1-3H3,(H,21,23)/t15-,17+/m1/s1. The van der Waals surface area contributed by atoms with Crippen LogP contribution in [0, 0.1) is 13.8 Å². The number of imidazole rings is 1. The zero-order valence-electron chi connectivity index (χ0n) is 15.0. The number of carbonyl (C=O) groups is 1. The maximum atomic E-state index is 12.4. The van der Waals surface area contributed by atoms with E-state index in [0.717, 1.165) is 30.3 Å². The summed E-state index contributed by atoms with van der Waals surface area (Å²) in [5.41, 5.74) is 3.49. The van der Waals surface area contributed by atoms with Crippen LogP contribution in [0.15, 0.2) is 35.7 Å². The molecule has 0 radical (unpaired) electrons. The van der Waals surface area contributed by atoms with Crippen molar-refractivity contribution in [3.63, 3.8) is 0 Å². The first kappa shape index (κ1) is 18.0. The Morgan fingerprint density at radius 1 is 1.40 bits per heavy atom. The molecule has 0 bridgehead atoms. The monoisotopic (exact) mass is 359 g/mol. The van der Waals surface area contributed by atoms with Crippen LogP contribution in [-0.2, 0) is 9.53 Å². The van der Waals surface area contributed by atoms with E-state index >= 15 is 0 Å². The fraction of sp³-hybridized carbons (Fsp3) is 0.474. The average Bonchev–Trinajstić information content (AvgIpc) is 3.23. The van der Waals surface area contributed by atoms with Gasteiger partial charge in [-0.25, -0.2) is 4.98 Å². The molecule has 6 heteroatoms. The molecule has 1 aliphatic rings. The van der Waals surface area contributed by atoms with Crippen molar-refractivity contribution < 1.29 is 9.53 Å². The van der Waals surface area contributed by atoms with Crippen molar-refractivity contribution in [3.8, 4) is 5.69 Å². The summed E-state index contributed by atoms with van der Waals surface area (Å²) < 4.78 is 7.59. The largest absolute Gasteiger partial charge is 0.376 e. The molecule has 2 atom stereocenters. The molecule has 1 saturated heterocycles. The van der Waals surface area contributed by atoms with Crippen LogP contribution in [0.3, 0.4) is 0 Å². The Balaban J connectivity index is 1.64. The Kier molecular flexibility index (Phi) is 5.81. The van der Waals surface area contributed by atoms with Crippen LogP contribution in [0.5, 0.6) is 0 Å². The van der Waals surface area contributed by atoms with Crippen LogP contribution in [-0.4, -0.2) is 40.0 Å². The highest BCUT2D eigenvalue weighted by Crippen LogP contribution is 2.25. The minimum atomic E-state index is -0.214. The van der Waals surface area contributed by atoms with Gasteiger partial charge >= 0.3 is 0 Å². The lowest BCUT2D eigenvalue weighted by molar-refractivity contribution is -0.120. The molecule has 1 N–H and O–H groups in total. The first-order chi connectivity index (χ1) is 12.0. The zero-order chi connectivity index (χ0) is 17.8. The van der Waals surface area contributed by atoms with Gasteiger partial charge in [-0.2, -0.15) is 0 Å². The smallest absolute Gasteiger partial charge is 0.233 e. The third-order valence-corrected chi connectivity index (χ3v) is 5.35. The molecule has 2 heterocycles. The number of carbonyl (C=O) groups excluding carboxylic acids is 1. The molecule has 1 aliphatic heterocycles. The number of amides is 1. The molecule has 0 aliphatic carbocycles. The maximum Gasteiger partial charge on any atom is 0.233 e. The number of hydrogen-bond donors (Lipinski definition) is 1. The Labute approximate surface area is 153 Å². The van der Waals surface area contributed by atoms with Gasteiger partial charge < -0.3 is 10.1 Å². The number of hydrogen-bond acceptors (Lipinski definition) is 4. The van der Waals surface area contributed by atoms with Gasteiger partial charge in [0, 0.05) is 31.2 Å². The SMILES string of the molecule is Cc1cc(C)cc(-n2ccnc2S[C@H](C)C(=O)NC[C@@H]2CCCO2)c1. The average molecular weight is 359 g/mol. The van der Waals surface area contributed by atoms with E-state index in [1.54, 1.807) is 6.20 Å². The minimum Gasteiger partial charge on any atom is -0.376 e. The number of benzene rings is 1. The van der Waals surface area contributed by atoms with E-state index in [0.29, 0.717) is 6.54 Å². The Bertz CT molecular complexity index is 718. The quantitative estimate of drug-likeness (QED) is 0.805. The van der Waals surface area contributed by atoms with Gasteiger partial charge in [-0.3, -0.25) is 9.36 Å². The molecule has 0 saturated carbocycles. The summed E-state index contributed by atoms with van der Waals surface area (Å²) in [5.74, 6) is 0.0236. The van der Waals surface area contributed by atoms with Gasteiger partial charge in [-0.15, -0.1) is 0 Å². The second-order valence-corrected chi connectivity index (χ2v) is 7.87. The van der Waals surface area contributed by atoms with Gasteiger partial charge in [0.1, 0.15) is 0 Å². The summed E-state index contributed by atoms with van der Waals surface area (Å²) in [6, 6.07) is 6.40. The number of nitrogens with one attached hydrogen (secondary N) is 1. The molecule has 0 spiro atoms. The molecular weight excluding hydrogens is 334 g/mol. The predicted octanol–water partition coefficient (Wildman–Crippen LogP) is 3.26. The highest BCUT2D eigenvalue weighted by Gasteiger charge is 2.21. The van der Waals surface area contributed by atoms with Crippen molar-refractivity contribution in [1.82, 2.24) is 14.9 Å². The van der Waals surface area contributed by atoms with E-state index in [4.69, 9.17) is 4.74 Å². The van der Waals surface area contributed by atoms with Crippen LogP contribution in [0.1, 0.15) is 30.9 Å². The van der Waals surface area contributed by atoms with Crippen LogP contribution in [0.2, 0.25) is 0 Å². The topological polar surface area (TPSA) is 56.2 Å². The number of thioether (sulfide) groups is 1. The van der Waals surface area contributed by atoms with Gasteiger partial charge in [0.25, 0.3) is 0 Å². The third-order valence-electron chi connectivity index (χ3n) is 4.27. The number of rotatable bonds is 6. The van der Waals surface area contributed by atoms with E-state index in [9.17, 15) is 4.79 Å². The predicted molar refractivity (Wildman–Crippen MR) is 100 cm³/mol. The molecule has 3 rings (SSSR count). The van der Waals surface area contributed by atoms with Gasteiger partial charge in [-0.1, -0.05) is 17.8 Å². The fourth-order valence-corrected chi connectivity index (χ4v) is 3.95. The number of ether oxygens (including phenoxy) is 1. The second kappa shape index (κ2) is 8.06. The van der Waals surface area contributed by atoms with Crippen molar-refractivity contribution in [3.05, 3.63) is 41.7 Å². The molecule has 1 aromatic carbocycles. The van der Waals surface area contributed by atoms with Crippen LogP contribution < -0.4 is 5.32 Å². The Hall–Kier alpha value is -1.79. The van der Waals surface area contributed by atoms with E-state index < -0.39 is 0 Å². The van der Waals surface area contributed by atoms with Crippen LogP contribution in [0.4, 0.5) is 0 Å². The lowest BCUT2D eigenvalue weighted by atomic mass is 10.1. The lowest BCUT2D eigenvalue weighted by Gasteiger charge is -2.15. The molecule has 0 unspecified atom stereocenters. The minimum absolute atomic E-state index is 0.0236.